The molecule has 1 aromatic heterocycles. The third-order valence-corrected chi connectivity index (χ3v) is 3.30. The predicted molar refractivity (Wildman–Crippen MR) is 69.2 cm³/mol. The lowest BCUT2D eigenvalue weighted by molar-refractivity contribution is -0.380. The van der Waals surface area contributed by atoms with Gasteiger partial charge in [-0.25, -0.2) is 0 Å². The Hall–Kier alpha value is -1.96. The van der Waals surface area contributed by atoms with Crippen molar-refractivity contribution in [2.75, 3.05) is 13.7 Å². The zero-order valence-electron chi connectivity index (χ0n) is 10.8. The molecule has 0 atom stereocenters. The van der Waals surface area contributed by atoms with Crippen molar-refractivity contribution in [3.05, 3.63) is 27.1 Å². The highest BCUT2D eigenvalue weighted by molar-refractivity contribution is 7.13. The van der Waals surface area contributed by atoms with E-state index in [9.17, 15) is 19.7 Å². The molecule has 104 valence electrons. The first-order valence-corrected chi connectivity index (χ1v) is 6.35. The van der Waals surface area contributed by atoms with Crippen molar-refractivity contribution in [3.8, 4) is 0 Å². The molecule has 0 aliphatic carbocycles. The van der Waals surface area contributed by atoms with Crippen LogP contribution in [-0.2, 0) is 9.53 Å². The molecule has 19 heavy (non-hydrogen) atoms. The summed E-state index contributed by atoms with van der Waals surface area (Å²) in [6, 6.07) is 0.991. The third-order valence-electron chi connectivity index (χ3n) is 2.42. The molecule has 7 nitrogen and oxygen atoms in total. The summed E-state index contributed by atoms with van der Waals surface area (Å²) in [5, 5.41) is 11.9. The second-order valence-corrected chi connectivity index (χ2v) is 4.92. The van der Waals surface area contributed by atoms with Gasteiger partial charge in [-0.1, -0.05) is 11.3 Å². The van der Waals surface area contributed by atoms with Crippen LogP contribution in [0, 0.1) is 10.1 Å². The molecule has 0 aromatic carbocycles. The summed E-state index contributed by atoms with van der Waals surface area (Å²) in [5.41, 5.74) is 0.203. The first-order chi connectivity index (χ1) is 8.86. The number of hydrogen-bond acceptors (Lipinski definition) is 6. The van der Waals surface area contributed by atoms with Crippen LogP contribution in [0.5, 0.6) is 0 Å². The maximum absolute atomic E-state index is 12.2. The highest BCUT2D eigenvalue weighted by Crippen LogP contribution is 2.24. The Morgan fingerprint density at radius 1 is 1.53 bits per heavy atom. The second-order valence-electron chi connectivity index (χ2n) is 4.03. The maximum atomic E-state index is 12.2. The molecule has 1 amide bonds. The lowest BCUT2D eigenvalue weighted by Gasteiger charge is -2.24. The molecular weight excluding hydrogens is 272 g/mol. The van der Waals surface area contributed by atoms with Crippen molar-refractivity contribution in [2.24, 2.45) is 0 Å². The van der Waals surface area contributed by atoms with Crippen molar-refractivity contribution < 1.29 is 19.2 Å². The number of thiophene rings is 1. The summed E-state index contributed by atoms with van der Waals surface area (Å²) in [6.07, 6.45) is 0. The van der Waals surface area contributed by atoms with Gasteiger partial charge in [0.05, 0.1) is 17.6 Å². The highest BCUT2D eigenvalue weighted by atomic mass is 32.1. The Morgan fingerprint density at radius 3 is 2.58 bits per heavy atom. The van der Waals surface area contributed by atoms with E-state index < -0.39 is 16.8 Å². The predicted octanol–water partition coefficient (Wildman–Crippen LogP) is 1.68. The van der Waals surface area contributed by atoms with Crippen LogP contribution in [-0.4, -0.2) is 41.4 Å². The topological polar surface area (TPSA) is 89.8 Å². The van der Waals surface area contributed by atoms with Gasteiger partial charge in [0, 0.05) is 17.5 Å². The number of hydrogen-bond donors (Lipinski definition) is 0. The van der Waals surface area contributed by atoms with E-state index in [1.165, 1.54) is 23.5 Å². The first-order valence-electron chi connectivity index (χ1n) is 5.47. The number of methoxy groups -OCH3 is 1. The Kier molecular flexibility index (Phi) is 4.99. The van der Waals surface area contributed by atoms with Crippen LogP contribution in [0.4, 0.5) is 5.00 Å². The molecule has 0 aliphatic heterocycles. The van der Waals surface area contributed by atoms with Crippen molar-refractivity contribution >= 4 is 28.2 Å². The van der Waals surface area contributed by atoms with Gasteiger partial charge in [0.2, 0.25) is 0 Å². The molecule has 0 bridgehead atoms. The molecule has 0 saturated carbocycles. The molecule has 0 aliphatic rings. The number of ether oxygens (including phenoxy) is 1. The fourth-order valence-corrected chi connectivity index (χ4v) is 2.09. The second kappa shape index (κ2) is 6.28. The number of rotatable bonds is 5. The van der Waals surface area contributed by atoms with Crippen LogP contribution in [0.2, 0.25) is 0 Å². The molecular formula is C11H14N2O5S. The van der Waals surface area contributed by atoms with Gasteiger partial charge in [0.1, 0.15) is 6.54 Å². The zero-order chi connectivity index (χ0) is 14.6. The van der Waals surface area contributed by atoms with Gasteiger partial charge in [-0.15, -0.1) is 0 Å². The third kappa shape index (κ3) is 3.75. The van der Waals surface area contributed by atoms with Crippen molar-refractivity contribution in [3.63, 3.8) is 0 Å². The molecule has 1 rings (SSSR count). The summed E-state index contributed by atoms with van der Waals surface area (Å²) in [7, 11) is 1.24. The minimum atomic E-state index is -0.554. The van der Waals surface area contributed by atoms with Gasteiger partial charge < -0.3 is 9.64 Å². The molecule has 0 N–H and O–H groups in total. The van der Waals surface area contributed by atoms with Crippen LogP contribution < -0.4 is 0 Å². The number of nitro groups is 1. The average molecular weight is 286 g/mol. The van der Waals surface area contributed by atoms with Crippen LogP contribution in [0.25, 0.3) is 0 Å². The molecule has 8 heteroatoms. The zero-order valence-corrected chi connectivity index (χ0v) is 11.6. The molecule has 1 aromatic rings. The molecule has 0 radical (unpaired) electrons. The lowest BCUT2D eigenvalue weighted by atomic mass is 10.2. The summed E-state index contributed by atoms with van der Waals surface area (Å²) < 4.78 is 4.52. The van der Waals surface area contributed by atoms with Gasteiger partial charge in [-0.3, -0.25) is 19.7 Å². The fraction of sp³-hybridized carbons (Fsp3) is 0.455. The quantitative estimate of drug-likeness (QED) is 0.466. The molecule has 0 saturated heterocycles. The number of carbonyl (C=O) groups is 2. The van der Waals surface area contributed by atoms with Crippen LogP contribution in [0.15, 0.2) is 11.4 Å². The minimum Gasteiger partial charge on any atom is -0.468 e. The Labute approximate surface area is 113 Å². The highest BCUT2D eigenvalue weighted by Gasteiger charge is 2.24. The van der Waals surface area contributed by atoms with Gasteiger partial charge in [-0.2, -0.15) is 0 Å². The van der Waals surface area contributed by atoms with Crippen LogP contribution in [0.1, 0.15) is 24.2 Å². The van der Waals surface area contributed by atoms with Crippen molar-refractivity contribution in [1.82, 2.24) is 4.90 Å². The van der Waals surface area contributed by atoms with Crippen molar-refractivity contribution in [1.29, 1.82) is 0 Å². The maximum Gasteiger partial charge on any atom is 0.325 e. The minimum absolute atomic E-state index is 0.106. The Bertz CT molecular complexity index is 497. The molecule has 0 spiro atoms. The summed E-state index contributed by atoms with van der Waals surface area (Å²) in [5.74, 6) is -0.962. The van der Waals surface area contributed by atoms with E-state index in [4.69, 9.17) is 0 Å². The van der Waals surface area contributed by atoms with E-state index in [1.807, 2.05) is 0 Å². The van der Waals surface area contributed by atoms with Gasteiger partial charge in [0.15, 0.2) is 0 Å². The summed E-state index contributed by atoms with van der Waals surface area (Å²) in [4.78, 5) is 34.8. The smallest absolute Gasteiger partial charge is 0.325 e. The SMILES string of the molecule is COC(=O)CN(C(=O)c1csc([N+](=O)[O-])c1)C(C)C. The summed E-state index contributed by atoms with van der Waals surface area (Å²) >= 11 is 0.877. The summed E-state index contributed by atoms with van der Waals surface area (Å²) in [6.45, 7) is 3.32. The Morgan fingerprint density at radius 2 is 2.16 bits per heavy atom. The monoisotopic (exact) mass is 286 g/mol. The van der Waals surface area contributed by atoms with Gasteiger partial charge >= 0.3 is 11.0 Å². The van der Waals surface area contributed by atoms with Crippen LogP contribution in [0.3, 0.4) is 0 Å². The number of carbonyl (C=O) groups excluding carboxylic acids is 2. The molecule has 0 unspecified atom stereocenters. The first kappa shape index (κ1) is 15.1. The standard InChI is InChI=1S/C11H14N2O5S/c1-7(2)12(5-10(14)18-3)11(15)8-4-9(13(16)17)19-6-8/h4,6-7H,5H2,1-3H3. The normalized spacial score (nSPS) is 10.3. The number of esters is 1. The van der Waals surface area contributed by atoms with E-state index in [1.54, 1.807) is 13.8 Å². The van der Waals surface area contributed by atoms with Crippen molar-refractivity contribution in [2.45, 2.75) is 19.9 Å². The number of amides is 1. The molecule has 0 fully saturated rings. The average Bonchev–Trinajstić information content (AvgIpc) is 2.84. The van der Waals surface area contributed by atoms with E-state index >= 15 is 0 Å². The van der Waals surface area contributed by atoms with E-state index in [0.717, 1.165) is 11.3 Å². The van der Waals surface area contributed by atoms with E-state index in [-0.39, 0.29) is 23.2 Å². The largest absolute Gasteiger partial charge is 0.468 e. The molecule has 1 heterocycles. The lowest BCUT2D eigenvalue weighted by Crippen LogP contribution is -2.40. The fourth-order valence-electron chi connectivity index (χ4n) is 1.39. The van der Waals surface area contributed by atoms with E-state index in [2.05, 4.69) is 4.74 Å². The van der Waals surface area contributed by atoms with Crippen LogP contribution >= 0.6 is 11.3 Å². The number of nitrogens with zero attached hydrogens (tertiary/aromatic N) is 2. The van der Waals surface area contributed by atoms with Gasteiger partial charge in [0.25, 0.3) is 5.91 Å². The Balaban J connectivity index is 2.92. The van der Waals surface area contributed by atoms with Gasteiger partial charge in [-0.05, 0) is 13.8 Å². The van der Waals surface area contributed by atoms with E-state index in [0.29, 0.717) is 0 Å².